The number of rotatable bonds is 9. The van der Waals surface area contributed by atoms with Crippen LogP contribution in [-0.4, -0.2) is 27.9 Å². The molecule has 20 heavy (non-hydrogen) atoms. The van der Waals surface area contributed by atoms with Crippen molar-refractivity contribution in [3.8, 4) is 17.2 Å². The molecule has 0 atom stereocenters. The van der Waals surface area contributed by atoms with Crippen molar-refractivity contribution in [2.75, 3.05) is 27.9 Å². The Balaban J connectivity index is 2.81. The Labute approximate surface area is 122 Å². The molecule has 0 spiro atoms. The predicted octanol–water partition coefficient (Wildman–Crippen LogP) is 3.24. The van der Waals surface area contributed by atoms with Crippen LogP contribution in [0.5, 0.6) is 17.2 Å². The van der Waals surface area contributed by atoms with Gasteiger partial charge in [-0.25, -0.2) is 0 Å². The molecule has 0 saturated carbocycles. The molecular formula is C16H27NO3. The third kappa shape index (κ3) is 4.93. The Bertz CT molecular complexity index is 380. The van der Waals surface area contributed by atoms with Crippen LogP contribution in [-0.2, 0) is 6.54 Å². The van der Waals surface area contributed by atoms with Crippen LogP contribution in [0.25, 0.3) is 0 Å². The maximum atomic E-state index is 5.86. The fraction of sp³-hybridized carbons (Fsp3) is 0.625. The summed E-state index contributed by atoms with van der Waals surface area (Å²) < 4.78 is 16.7. The number of hydrogen-bond acceptors (Lipinski definition) is 4. The van der Waals surface area contributed by atoms with Gasteiger partial charge in [-0.2, -0.15) is 0 Å². The van der Waals surface area contributed by atoms with E-state index in [-0.39, 0.29) is 0 Å². The molecule has 0 radical (unpaired) electrons. The van der Waals surface area contributed by atoms with Crippen molar-refractivity contribution in [1.82, 2.24) is 5.32 Å². The van der Waals surface area contributed by atoms with Gasteiger partial charge in [0, 0.05) is 6.54 Å². The van der Waals surface area contributed by atoms with Gasteiger partial charge in [-0.3, -0.25) is 0 Å². The Kier molecular flexibility index (Phi) is 7.23. The summed E-state index contributed by atoms with van der Waals surface area (Å²) in [6.45, 7) is 5.87. The summed E-state index contributed by atoms with van der Waals surface area (Å²) in [5.41, 5.74) is 1.11. The van der Waals surface area contributed by atoms with Gasteiger partial charge in [0.1, 0.15) is 0 Å². The largest absolute Gasteiger partial charge is 0.493 e. The molecule has 0 aromatic heterocycles. The molecule has 1 aromatic carbocycles. The lowest BCUT2D eigenvalue weighted by atomic mass is 10.1. The summed E-state index contributed by atoms with van der Waals surface area (Å²) in [7, 11) is 5.22. The van der Waals surface area contributed by atoms with Crippen molar-refractivity contribution in [3.05, 3.63) is 17.7 Å². The number of hydrogen-bond donors (Lipinski definition) is 1. The molecule has 0 bridgehead atoms. The first-order valence-corrected chi connectivity index (χ1v) is 7.14. The molecule has 114 valence electrons. The Morgan fingerprint density at radius 3 is 2.15 bits per heavy atom. The predicted molar refractivity (Wildman–Crippen MR) is 81.9 cm³/mol. The Morgan fingerprint density at radius 2 is 1.70 bits per heavy atom. The van der Waals surface area contributed by atoms with Crippen LogP contribution in [0.15, 0.2) is 12.1 Å². The van der Waals surface area contributed by atoms with Gasteiger partial charge in [0.05, 0.1) is 20.8 Å². The van der Waals surface area contributed by atoms with Crippen LogP contribution in [0.3, 0.4) is 0 Å². The van der Waals surface area contributed by atoms with Gasteiger partial charge in [-0.15, -0.1) is 0 Å². The standard InChI is InChI=1S/C16H27NO3/c1-12(2)7-6-8-20-16-14(18-4)9-13(11-17-3)10-15(16)19-5/h9-10,12,17H,6-8,11H2,1-5H3. The average Bonchev–Trinajstić information content (AvgIpc) is 2.43. The van der Waals surface area contributed by atoms with E-state index in [1.54, 1.807) is 14.2 Å². The lowest BCUT2D eigenvalue weighted by molar-refractivity contribution is 0.263. The first-order valence-electron chi connectivity index (χ1n) is 7.14. The van der Waals surface area contributed by atoms with E-state index in [1.807, 2.05) is 19.2 Å². The van der Waals surface area contributed by atoms with Crippen molar-refractivity contribution >= 4 is 0 Å². The van der Waals surface area contributed by atoms with Crippen LogP contribution in [0.4, 0.5) is 0 Å². The van der Waals surface area contributed by atoms with E-state index in [1.165, 1.54) is 0 Å². The maximum absolute atomic E-state index is 5.86. The second-order valence-electron chi connectivity index (χ2n) is 5.24. The van der Waals surface area contributed by atoms with E-state index in [4.69, 9.17) is 14.2 Å². The normalized spacial score (nSPS) is 10.7. The van der Waals surface area contributed by atoms with E-state index in [2.05, 4.69) is 19.2 Å². The number of methoxy groups -OCH3 is 2. The molecule has 4 nitrogen and oxygen atoms in total. The summed E-state index contributed by atoms with van der Waals surface area (Å²) in [4.78, 5) is 0. The first-order chi connectivity index (χ1) is 9.62. The fourth-order valence-electron chi connectivity index (χ4n) is 2.05. The Morgan fingerprint density at radius 1 is 1.10 bits per heavy atom. The minimum absolute atomic E-state index is 0.677. The molecule has 1 N–H and O–H groups in total. The number of ether oxygens (including phenoxy) is 3. The molecule has 0 aliphatic carbocycles. The van der Waals surface area contributed by atoms with Gasteiger partial charge < -0.3 is 19.5 Å². The van der Waals surface area contributed by atoms with E-state index in [0.717, 1.165) is 36.4 Å². The van der Waals surface area contributed by atoms with Crippen LogP contribution < -0.4 is 19.5 Å². The maximum Gasteiger partial charge on any atom is 0.203 e. The zero-order valence-electron chi connectivity index (χ0n) is 13.3. The second kappa shape index (κ2) is 8.69. The van der Waals surface area contributed by atoms with Gasteiger partial charge in [-0.05, 0) is 43.5 Å². The second-order valence-corrected chi connectivity index (χ2v) is 5.24. The molecule has 0 heterocycles. The molecule has 0 unspecified atom stereocenters. The van der Waals surface area contributed by atoms with Crippen molar-refractivity contribution in [1.29, 1.82) is 0 Å². The molecule has 0 amide bonds. The number of benzene rings is 1. The topological polar surface area (TPSA) is 39.7 Å². The van der Waals surface area contributed by atoms with E-state index in [9.17, 15) is 0 Å². The first kappa shape index (κ1) is 16.6. The third-order valence-electron chi connectivity index (χ3n) is 3.07. The van der Waals surface area contributed by atoms with Crippen LogP contribution in [0, 0.1) is 5.92 Å². The van der Waals surface area contributed by atoms with Crippen LogP contribution in [0.2, 0.25) is 0 Å². The quantitative estimate of drug-likeness (QED) is 0.705. The molecular weight excluding hydrogens is 254 g/mol. The van der Waals surface area contributed by atoms with Crippen molar-refractivity contribution in [2.45, 2.75) is 33.2 Å². The highest BCUT2D eigenvalue weighted by Gasteiger charge is 2.14. The highest BCUT2D eigenvalue weighted by atomic mass is 16.5. The molecule has 1 rings (SSSR count). The van der Waals surface area contributed by atoms with Gasteiger partial charge in [0.15, 0.2) is 11.5 Å². The average molecular weight is 281 g/mol. The van der Waals surface area contributed by atoms with E-state index < -0.39 is 0 Å². The summed E-state index contributed by atoms with van der Waals surface area (Å²) in [5.74, 6) is 2.83. The van der Waals surface area contributed by atoms with Gasteiger partial charge >= 0.3 is 0 Å². The highest BCUT2D eigenvalue weighted by Crippen LogP contribution is 2.38. The fourth-order valence-corrected chi connectivity index (χ4v) is 2.05. The van der Waals surface area contributed by atoms with Crippen molar-refractivity contribution in [3.63, 3.8) is 0 Å². The summed E-state index contributed by atoms with van der Waals surface area (Å²) >= 11 is 0. The van der Waals surface area contributed by atoms with Crippen molar-refractivity contribution in [2.24, 2.45) is 5.92 Å². The highest BCUT2D eigenvalue weighted by molar-refractivity contribution is 5.53. The zero-order chi connectivity index (χ0) is 15.0. The lowest BCUT2D eigenvalue weighted by Crippen LogP contribution is -2.07. The van der Waals surface area contributed by atoms with E-state index in [0.29, 0.717) is 18.3 Å². The van der Waals surface area contributed by atoms with Crippen LogP contribution in [0.1, 0.15) is 32.3 Å². The molecule has 4 heteroatoms. The molecule has 0 fully saturated rings. The van der Waals surface area contributed by atoms with Gasteiger partial charge in [0.25, 0.3) is 0 Å². The lowest BCUT2D eigenvalue weighted by Gasteiger charge is -2.16. The summed E-state index contributed by atoms with van der Waals surface area (Å²) in [6.07, 6.45) is 2.19. The third-order valence-corrected chi connectivity index (χ3v) is 3.07. The van der Waals surface area contributed by atoms with Crippen molar-refractivity contribution < 1.29 is 14.2 Å². The summed E-state index contributed by atoms with van der Waals surface area (Å²) in [5, 5.41) is 3.12. The minimum Gasteiger partial charge on any atom is -0.493 e. The summed E-state index contributed by atoms with van der Waals surface area (Å²) in [6, 6.07) is 3.97. The zero-order valence-corrected chi connectivity index (χ0v) is 13.3. The molecule has 1 aromatic rings. The number of nitrogens with one attached hydrogen (secondary N) is 1. The Hall–Kier alpha value is -1.42. The SMILES string of the molecule is CNCc1cc(OC)c(OCCCC(C)C)c(OC)c1. The van der Waals surface area contributed by atoms with E-state index >= 15 is 0 Å². The van der Waals surface area contributed by atoms with Gasteiger partial charge in [-0.1, -0.05) is 13.8 Å². The molecule has 0 aliphatic heterocycles. The van der Waals surface area contributed by atoms with Crippen LogP contribution >= 0.6 is 0 Å². The molecule has 0 aliphatic rings. The monoisotopic (exact) mass is 281 g/mol. The van der Waals surface area contributed by atoms with Gasteiger partial charge in [0.2, 0.25) is 5.75 Å². The minimum atomic E-state index is 0.677. The smallest absolute Gasteiger partial charge is 0.203 e. The molecule has 0 saturated heterocycles.